The van der Waals surface area contributed by atoms with Crippen LogP contribution >= 0.6 is 0 Å². The van der Waals surface area contributed by atoms with Crippen molar-refractivity contribution in [3.05, 3.63) is 47.7 Å². The van der Waals surface area contributed by atoms with Gasteiger partial charge in [-0.3, -0.25) is 4.98 Å². The highest BCUT2D eigenvalue weighted by atomic mass is 28.3. The van der Waals surface area contributed by atoms with Gasteiger partial charge in [-0.1, -0.05) is 37.8 Å². The van der Waals surface area contributed by atoms with Crippen molar-refractivity contribution < 1.29 is 0 Å². The number of aromatic nitrogens is 1. The van der Waals surface area contributed by atoms with Crippen molar-refractivity contribution in [1.82, 2.24) is 4.98 Å². The fourth-order valence-corrected chi connectivity index (χ4v) is 3.09. The molecule has 3 heteroatoms. The summed E-state index contributed by atoms with van der Waals surface area (Å²) in [4.78, 5) is 4.62. The van der Waals surface area contributed by atoms with Gasteiger partial charge in [0.05, 0.1) is 25.4 Å². The number of benzene rings is 1. The maximum absolute atomic E-state index is 8.82. The second-order valence-corrected chi connectivity index (χ2v) is 10.9. The molecule has 2 nitrogen and oxygen atoms in total. The quantitative estimate of drug-likeness (QED) is 0.780. The molecule has 1 aromatic heterocycles. The molecule has 96 valence electrons. The molecule has 0 saturated carbocycles. The fraction of sp³-hybridized carbons (Fsp3) is 0.250. The maximum Gasteiger partial charge on any atom is 0.0991 e. The van der Waals surface area contributed by atoms with Crippen LogP contribution in [0.15, 0.2) is 36.5 Å². The summed E-state index contributed by atoms with van der Waals surface area (Å²) >= 11 is 0. The van der Waals surface area contributed by atoms with E-state index in [4.69, 9.17) is 5.26 Å². The third-order valence-electron chi connectivity index (χ3n) is 3.23. The van der Waals surface area contributed by atoms with Crippen LogP contribution in [0.1, 0.15) is 11.1 Å². The van der Waals surface area contributed by atoms with E-state index < -0.39 is 8.07 Å². The van der Waals surface area contributed by atoms with Crippen LogP contribution in [0.2, 0.25) is 19.6 Å². The molecule has 1 aromatic carbocycles. The van der Waals surface area contributed by atoms with E-state index in [1.807, 2.05) is 30.5 Å². The van der Waals surface area contributed by atoms with Gasteiger partial charge in [-0.2, -0.15) is 5.26 Å². The van der Waals surface area contributed by atoms with Gasteiger partial charge in [-0.05, 0) is 29.8 Å². The SMILES string of the molecule is Cc1cc([Si](C)(C)C)cnc1-c1ccc(C#N)cc1. The third-order valence-corrected chi connectivity index (χ3v) is 5.24. The number of nitrogens with zero attached hydrogens (tertiary/aromatic N) is 2. The first-order chi connectivity index (χ1) is 8.91. The molecule has 0 spiro atoms. The summed E-state index contributed by atoms with van der Waals surface area (Å²) in [6, 6.07) is 12.0. The second-order valence-electron chi connectivity index (χ2n) is 5.83. The van der Waals surface area contributed by atoms with E-state index >= 15 is 0 Å². The summed E-state index contributed by atoms with van der Waals surface area (Å²) < 4.78 is 0. The summed E-state index contributed by atoms with van der Waals surface area (Å²) in [5.74, 6) is 0. The standard InChI is InChI=1S/C16H18N2Si/c1-12-9-15(19(2,3)4)11-18-16(12)14-7-5-13(10-17)6-8-14/h5-9,11H,1-4H3. The minimum atomic E-state index is -1.31. The Bertz CT molecular complexity index is 631. The number of hydrogen-bond acceptors (Lipinski definition) is 2. The van der Waals surface area contributed by atoms with Crippen molar-refractivity contribution in [1.29, 1.82) is 5.26 Å². The molecule has 0 saturated heterocycles. The molecule has 1 heterocycles. The highest BCUT2D eigenvalue weighted by molar-refractivity contribution is 6.88. The Kier molecular flexibility index (Phi) is 3.54. The molecule has 0 amide bonds. The van der Waals surface area contributed by atoms with Crippen LogP contribution in [-0.2, 0) is 0 Å². The lowest BCUT2D eigenvalue weighted by molar-refractivity contribution is 1.28. The van der Waals surface area contributed by atoms with Gasteiger partial charge < -0.3 is 0 Å². The molecule has 0 unspecified atom stereocenters. The Labute approximate surface area is 115 Å². The van der Waals surface area contributed by atoms with E-state index in [1.54, 1.807) is 0 Å². The number of pyridine rings is 1. The van der Waals surface area contributed by atoms with E-state index in [0.29, 0.717) is 5.56 Å². The molecule has 0 fully saturated rings. The summed E-state index contributed by atoms with van der Waals surface area (Å²) in [5.41, 5.74) is 3.95. The topological polar surface area (TPSA) is 36.7 Å². The molecular formula is C16H18N2Si. The first-order valence-corrected chi connectivity index (χ1v) is 9.89. The Hall–Kier alpha value is -1.92. The van der Waals surface area contributed by atoms with Gasteiger partial charge >= 0.3 is 0 Å². The van der Waals surface area contributed by atoms with Crippen molar-refractivity contribution in [3.63, 3.8) is 0 Å². The minimum absolute atomic E-state index is 0.681. The summed E-state index contributed by atoms with van der Waals surface area (Å²) in [5, 5.41) is 10.2. The van der Waals surface area contributed by atoms with Crippen LogP contribution in [0, 0.1) is 18.3 Å². The molecule has 0 aliphatic heterocycles. The Morgan fingerprint density at radius 1 is 1.11 bits per heavy atom. The normalized spacial score (nSPS) is 11.1. The second kappa shape index (κ2) is 4.98. The molecule has 0 N–H and O–H groups in total. The summed E-state index contributed by atoms with van der Waals surface area (Å²) in [7, 11) is -1.31. The predicted octanol–water partition coefficient (Wildman–Crippen LogP) is 3.47. The molecule has 0 atom stereocenters. The van der Waals surface area contributed by atoms with E-state index in [1.165, 1.54) is 10.8 Å². The molecular weight excluding hydrogens is 248 g/mol. The summed E-state index contributed by atoms with van der Waals surface area (Å²) in [6.45, 7) is 9.07. The molecule has 2 aromatic rings. The number of nitriles is 1. The molecule has 2 rings (SSSR count). The van der Waals surface area contributed by atoms with Crippen LogP contribution in [0.4, 0.5) is 0 Å². The number of aryl methyl sites for hydroxylation is 1. The molecule has 0 bridgehead atoms. The Morgan fingerprint density at radius 2 is 1.74 bits per heavy atom. The monoisotopic (exact) mass is 266 g/mol. The number of rotatable bonds is 2. The average molecular weight is 266 g/mol. The Morgan fingerprint density at radius 3 is 2.21 bits per heavy atom. The average Bonchev–Trinajstić information content (AvgIpc) is 2.38. The van der Waals surface area contributed by atoms with E-state index in [2.05, 4.69) is 43.7 Å². The van der Waals surface area contributed by atoms with Gasteiger partial charge in [-0.25, -0.2) is 0 Å². The van der Waals surface area contributed by atoms with Crippen molar-refractivity contribution in [2.45, 2.75) is 26.6 Å². The van der Waals surface area contributed by atoms with Crippen LogP contribution in [0.25, 0.3) is 11.3 Å². The van der Waals surface area contributed by atoms with Crippen molar-refractivity contribution in [3.8, 4) is 17.3 Å². The molecule has 0 radical (unpaired) electrons. The molecule has 0 aliphatic carbocycles. The highest BCUT2D eigenvalue weighted by Gasteiger charge is 2.17. The summed E-state index contributed by atoms with van der Waals surface area (Å²) in [6.07, 6.45) is 2.01. The maximum atomic E-state index is 8.82. The van der Waals surface area contributed by atoms with Gasteiger partial charge in [0.2, 0.25) is 0 Å². The van der Waals surface area contributed by atoms with Crippen LogP contribution in [0.5, 0.6) is 0 Å². The fourth-order valence-electron chi connectivity index (χ4n) is 1.99. The number of hydrogen-bond donors (Lipinski definition) is 0. The van der Waals surface area contributed by atoms with Crippen LogP contribution in [-0.4, -0.2) is 13.1 Å². The predicted molar refractivity (Wildman–Crippen MR) is 82.1 cm³/mol. The zero-order valence-corrected chi connectivity index (χ0v) is 12.9. The minimum Gasteiger partial charge on any atom is -0.256 e. The lowest BCUT2D eigenvalue weighted by Crippen LogP contribution is -2.38. The zero-order valence-electron chi connectivity index (χ0n) is 11.9. The van der Waals surface area contributed by atoms with Gasteiger partial charge in [0.25, 0.3) is 0 Å². The lowest BCUT2D eigenvalue weighted by atomic mass is 10.1. The van der Waals surface area contributed by atoms with Crippen molar-refractivity contribution in [2.75, 3.05) is 0 Å². The van der Waals surface area contributed by atoms with E-state index in [-0.39, 0.29) is 0 Å². The smallest absolute Gasteiger partial charge is 0.0991 e. The van der Waals surface area contributed by atoms with E-state index in [9.17, 15) is 0 Å². The molecule has 19 heavy (non-hydrogen) atoms. The van der Waals surface area contributed by atoms with Gasteiger partial charge in [0.1, 0.15) is 0 Å². The first-order valence-electron chi connectivity index (χ1n) is 6.39. The highest BCUT2D eigenvalue weighted by Crippen LogP contribution is 2.21. The first kappa shape index (κ1) is 13.5. The Balaban J connectivity index is 2.43. The molecule has 0 aliphatic rings. The van der Waals surface area contributed by atoms with E-state index in [0.717, 1.165) is 11.3 Å². The van der Waals surface area contributed by atoms with Crippen LogP contribution < -0.4 is 5.19 Å². The zero-order chi connectivity index (χ0) is 14.0. The van der Waals surface area contributed by atoms with Crippen LogP contribution in [0.3, 0.4) is 0 Å². The largest absolute Gasteiger partial charge is 0.256 e. The van der Waals surface area contributed by atoms with Gasteiger partial charge in [0, 0.05) is 11.8 Å². The van der Waals surface area contributed by atoms with Crippen molar-refractivity contribution in [2.24, 2.45) is 0 Å². The van der Waals surface area contributed by atoms with Gasteiger partial charge in [-0.15, -0.1) is 0 Å². The van der Waals surface area contributed by atoms with Crippen molar-refractivity contribution >= 4 is 13.3 Å². The van der Waals surface area contributed by atoms with Gasteiger partial charge in [0.15, 0.2) is 0 Å². The third kappa shape index (κ3) is 2.91. The lowest BCUT2D eigenvalue weighted by Gasteiger charge is -2.17.